The average Bonchev–Trinajstić information content (AvgIpc) is 1.62. The second kappa shape index (κ2) is 39.8. The molecule has 0 spiro atoms. The van der Waals surface area contributed by atoms with Crippen LogP contribution >= 0.6 is 46.9 Å². The first-order valence-electron chi connectivity index (χ1n) is 42.7. The van der Waals surface area contributed by atoms with E-state index in [1.807, 2.05) is 102 Å². The van der Waals surface area contributed by atoms with Gasteiger partial charge in [-0.1, -0.05) is 91.1 Å². The highest BCUT2D eigenvalue weighted by Gasteiger charge is 2.38. The summed E-state index contributed by atoms with van der Waals surface area (Å²) in [5.74, 6) is -6.09. The van der Waals surface area contributed by atoms with E-state index < -0.39 is 103 Å². The molecule has 1 saturated carbocycles. The Morgan fingerprint density at radius 3 is 1.02 bits per heavy atom. The third-order valence-electron chi connectivity index (χ3n) is 23.3. The van der Waals surface area contributed by atoms with Gasteiger partial charge in [-0.05, 0) is 161 Å². The number of hydrogen-bond donors (Lipinski definition) is 5. The maximum Gasteiger partial charge on any atom is 0.355 e. The van der Waals surface area contributed by atoms with Crippen LogP contribution in [-0.4, -0.2) is 215 Å². The Hall–Kier alpha value is -13.1. The summed E-state index contributed by atoms with van der Waals surface area (Å²) < 4.78 is 96.8. The third-order valence-corrected chi connectivity index (χ3v) is 25.8. The standard InChI is InChI=1S/C33H35F2N7O3S.C31H33F2N7O3S.C30H29ClF2N6O3S/c1-6-26(44)40-12-13-41(18(4)16-40)31-20-14-22(35)29(27-21(34)8-7-9-23(27)43)38-32(20)42(33(45)39-31)30-24(46-5)15-25(36-19-10-11-19)37-28(30)17(2)3;1-7-24(42)38-11-12-39(17(4)15-38)29-18-13-20(33)27(25-19(32)9-8-10-21(25)41)36-30(18)40(31(43)37-29)28-22(44-6)14-23(34-5)35-26(28)16(2)3;1-6-23(41)37-10-11-38(16(4)14-37)28-17-12-19(33)26(24-18(32)8-7-9-20(24)40)35-29(17)39(30(42)36-28)27-21(43-5)13-22(31)34-25(27)15(2)3/h6-9,14-15,17-19,43H,1,10-13,16H2,2-5H3,(H,36,37);7-10,13-14,16-17,41H,1,11-12,15H2,2-6H3,(H,34,35);6-9,12-13,15-16,40H,1,10-11,14H2,2-5H3/t18-;17-;16-/m000/s1. The molecule has 133 heavy (non-hydrogen) atoms. The van der Waals surface area contributed by atoms with Gasteiger partial charge >= 0.3 is 17.1 Å². The number of benzene rings is 3. The first-order chi connectivity index (χ1) is 63.5. The molecule has 9 aromatic heterocycles. The SMILES string of the molecule is C=CC(=O)N1CCN(c2nc(=O)n(-c3c(SC)cc(Cl)nc3C(C)C)c3nc(-c4c(O)cccc4F)c(F)cc23)[C@@H](C)C1.C=CC(=O)N1CCN(c2nc(=O)n(-c3c(SC)cc(NC)nc3C(C)C)c3nc(-c4c(O)cccc4F)c(F)cc23)[C@@H](C)C1.C=CC(=O)N1CCN(c2nc(=O)n(-c3c(SC)cc(NC4CC4)nc3C(C)C)c3nc(-c4c(O)cccc4F)c(F)cc23)[C@@H](C)C1. The predicted molar refractivity (Wildman–Crippen MR) is 509 cm³/mol. The van der Waals surface area contributed by atoms with Crippen LogP contribution in [0.25, 0.3) is 83.9 Å². The van der Waals surface area contributed by atoms with Crippen molar-refractivity contribution >= 4 is 127 Å². The highest BCUT2D eigenvalue weighted by atomic mass is 35.5. The van der Waals surface area contributed by atoms with Crippen molar-refractivity contribution in [3.05, 3.63) is 218 Å². The molecule has 39 heteroatoms. The second-order valence-electron chi connectivity index (χ2n) is 33.1. The fraction of sp³-hybridized carbons (Fsp3) is 0.330. The van der Waals surface area contributed by atoms with Gasteiger partial charge in [-0.15, -0.1) is 35.3 Å². The molecular formula is C94H97ClF6N20O9S3. The van der Waals surface area contributed by atoms with Crippen LogP contribution in [0.2, 0.25) is 5.15 Å². The number of amides is 3. The van der Waals surface area contributed by atoms with Gasteiger partial charge in [0.1, 0.15) is 86.0 Å². The maximum absolute atomic E-state index is 16.0. The van der Waals surface area contributed by atoms with Crippen molar-refractivity contribution in [3.63, 3.8) is 0 Å². The quantitative estimate of drug-likeness (QED) is 0.0193. The topological polar surface area (TPSA) is 337 Å². The number of pyridine rings is 6. The van der Waals surface area contributed by atoms with Gasteiger partial charge in [-0.2, -0.15) is 15.0 Å². The fourth-order valence-electron chi connectivity index (χ4n) is 16.7. The van der Waals surface area contributed by atoms with Crippen LogP contribution in [0, 0.1) is 34.9 Å². The van der Waals surface area contributed by atoms with Gasteiger partial charge in [0.05, 0.1) is 67.0 Å². The Morgan fingerprint density at radius 2 is 0.737 bits per heavy atom. The van der Waals surface area contributed by atoms with Crippen molar-refractivity contribution in [1.82, 2.24) is 73.3 Å². The molecule has 0 unspecified atom stereocenters. The summed E-state index contributed by atoms with van der Waals surface area (Å²) >= 11 is 10.5. The van der Waals surface area contributed by atoms with E-state index in [1.54, 1.807) is 33.9 Å². The van der Waals surface area contributed by atoms with E-state index in [0.29, 0.717) is 121 Å². The monoisotopic (exact) mass is 1890 g/mol. The number of carbonyl (C=O) groups is 3. The molecule has 694 valence electrons. The molecule has 4 fully saturated rings. The molecule has 3 saturated heterocycles. The third kappa shape index (κ3) is 19.0. The minimum atomic E-state index is -0.919. The minimum Gasteiger partial charge on any atom is -0.507 e. The summed E-state index contributed by atoms with van der Waals surface area (Å²) in [5, 5.41) is 38.9. The number of phenols is 3. The first-order valence-corrected chi connectivity index (χ1v) is 46.8. The number of fused-ring (bicyclic) bond motifs is 3. The van der Waals surface area contributed by atoms with E-state index in [1.165, 1.54) is 116 Å². The van der Waals surface area contributed by atoms with E-state index in [0.717, 1.165) is 42.0 Å². The normalized spacial score (nSPS) is 15.8. The van der Waals surface area contributed by atoms with Crippen LogP contribution in [0.1, 0.15) is 110 Å². The molecule has 3 amide bonds. The lowest BCUT2D eigenvalue weighted by Gasteiger charge is -2.40. The minimum absolute atomic E-state index is 0.00725. The lowest BCUT2D eigenvalue weighted by atomic mass is 10.1. The lowest BCUT2D eigenvalue weighted by Crippen LogP contribution is -2.54. The van der Waals surface area contributed by atoms with Crippen LogP contribution in [0.3, 0.4) is 0 Å². The van der Waals surface area contributed by atoms with Gasteiger partial charge in [0.25, 0.3) is 0 Å². The summed E-state index contributed by atoms with van der Waals surface area (Å²) in [6, 6.07) is 19.2. The molecule has 1 aliphatic carbocycles. The number of aromatic nitrogens is 12. The highest BCUT2D eigenvalue weighted by molar-refractivity contribution is 7.99. The number of hydrogen-bond acceptors (Lipinski definition) is 26. The zero-order valence-corrected chi connectivity index (χ0v) is 78.3. The number of carbonyl (C=O) groups excluding carboxylic acids is 3. The Bertz CT molecular complexity index is 6830. The number of piperazine rings is 3. The Kier molecular flexibility index (Phi) is 28.7. The van der Waals surface area contributed by atoms with E-state index in [-0.39, 0.29) is 109 Å². The number of nitrogens with one attached hydrogen (secondary N) is 2. The van der Waals surface area contributed by atoms with Gasteiger partial charge < -0.3 is 55.4 Å². The van der Waals surface area contributed by atoms with E-state index in [9.17, 15) is 48.5 Å². The molecule has 3 aromatic carbocycles. The van der Waals surface area contributed by atoms with Crippen LogP contribution < -0.4 is 42.4 Å². The maximum atomic E-state index is 16.0. The van der Waals surface area contributed by atoms with Crippen molar-refractivity contribution < 1.29 is 56.0 Å². The Balaban J connectivity index is 0.000000160. The summed E-state index contributed by atoms with van der Waals surface area (Å²) in [4.78, 5) is 133. The molecule has 0 radical (unpaired) electrons. The Morgan fingerprint density at radius 1 is 0.436 bits per heavy atom. The number of nitrogens with zero attached hydrogens (tertiary/aromatic N) is 18. The molecule has 5 N–H and O–H groups in total. The van der Waals surface area contributed by atoms with Crippen LogP contribution in [-0.2, 0) is 14.4 Å². The zero-order chi connectivity index (χ0) is 95.9. The molecule has 12 aromatic rings. The van der Waals surface area contributed by atoms with Crippen molar-refractivity contribution in [3.8, 4) is 68.1 Å². The summed E-state index contributed by atoms with van der Waals surface area (Å²) in [6.45, 7) is 30.8. The number of phenolic OH excluding ortho intramolecular Hbond substituents is 3. The molecule has 0 bridgehead atoms. The largest absolute Gasteiger partial charge is 0.507 e. The van der Waals surface area contributed by atoms with Crippen LogP contribution in [0.15, 0.2) is 158 Å². The molecule has 3 atom stereocenters. The summed E-state index contributed by atoms with van der Waals surface area (Å²) in [7, 11) is 1.75. The smallest absolute Gasteiger partial charge is 0.355 e. The van der Waals surface area contributed by atoms with E-state index >= 15 is 22.0 Å². The van der Waals surface area contributed by atoms with Crippen molar-refractivity contribution in [2.45, 2.75) is 132 Å². The van der Waals surface area contributed by atoms with Crippen molar-refractivity contribution in [1.29, 1.82) is 0 Å². The fourth-order valence-corrected chi connectivity index (χ4v) is 18.8. The highest BCUT2D eigenvalue weighted by Crippen LogP contribution is 2.45. The molecule has 16 rings (SSSR count). The van der Waals surface area contributed by atoms with Gasteiger partial charge in [0.2, 0.25) is 17.7 Å². The molecule has 12 heterocycles. The van der Waals surface area contributed by atoms with Crippen molar-refractivity contribution in [2.75, 3.05) is 110 Å². The molecule has 3 aliphatic heterocycles. The second-order valence-corrected chi connectivity index (χ2v) is 36.1. The lowest BCUT2D eigenvalue weighted by molar-refractivity contribution is -0.127. The zero-order valence-electron chi connectivity index (χ0n) is 75.0. The first kappa shape index (κ1) is 96.0. The number of anilines is 5. The molecular weight excluding hydrogens is 1800 g/mol. The van der Waals surface area contributed by atoms with Crippen molar-refractivity contribution in [2.24, 2.45) is 0 Å². The van der Waals surface area contributed by atoms with Gasteiger partial charge in [0.15, 0.2) is 34.4 Å². The van der Waals surface area contributed by atoms with Gasteiger partial charge in [-0.25, -0.2) is 84.3 Å². The summed E-state index contributed by atoms with van der Waals surface area (Å²) in [6.07, 6.45) is 11.4. The van der Waals surface area contributed by atoms with Gasteiger partial charge in [0, 0.05) is 105 Å². The van der Waals surface area contributed by atoms with Gasteiger partial charge in [-0.3, -0.25) is 14.4 Å². The van der Waals surface area contributed by atoms with Crippen LogP contribution in [0.5, 0.6) is 17.2 Å². The number of aromatic hydroxyl groups is 3. The average molecular weight is 1900 g/mol. The number of thioether (sulfide) groups is 3. The van der Waals surface area contributed by atoms with Crippen LogP contribution in [0.4, 0.5) is 55.4 Å². The molecule has 4 aliphatic rings. The predicted octanol–water partition coefficient (Wildman–Crippen LogP) is 16.0. The molecule has 29 nitrogen and oxygen atoms in total. The number of halogens is 7. The van der Waals surface area contributed by atoms with E-state index in [2.05, 4.69) is 65.3 Å². The number of rotatable bonds is 21. The summed E-state index contributed by atoms with van der Waals surface area (Å²) in [5.41, 5.74) is -1.76. The Labute approximate surface area is 778 Å². The van der Waals surface area contributed by atoms with E-state index in [4.69, 9.17) is 21.6 Å².